The van der Waals surface area contributed by atoms with Crippen LogP contribution in [0.2, 0.25) is 0 Å². The standard InChI is InChI=1S/C17H14N6.H2/c1-3-12(8-18-5-1)9-20-16-7-15(22-11-23-16)14-10-21-17-13(14)4-2-6-19-17;/h1-8,10-11H,9H2,(H,19,21)(H,20,22,23);1H. The van der Waals surface area contributed by atoms with Crippen LogP contribution in [0.25, 0.3) is 22.3 Å². The lowest BCUT2D eigenvalue weighted by atomic mass is 10.1. The fourth-order valence-electron chi connectivity index (χ4n) is 2.46. The zero-order chi connectivity index (χ0) is 15.5. The van der Waals surface area contributed by atoms with Crippen LogP contribution in [0.1, 0.15) is 6.99 Å². The summed E-state index contributed by atoms with van der Waals surface area (Å²) in [5.41, 5.74) is 3.82. The van der Waals surface area contributed by atoms with Crippen molar-refractivity contribution in [3.05, 3.63) is 67.0 Å². The van der Waals surface area contributed by atoms with Gasteiger partial charge < -0.3 is 10.3 Å². The quantitative estimate of drug-likeness (QED) is 0.605. The topological polar surface area (TPSA) is 79.4 Å². The Morgan fingerprint density at radius 1 is 1.09 bits per heavy atom. The molecule has 0 aromatic carbocycles. The normalized spacial score (nSPS) is 10.8. The zero-order valence-corrected chi connectivity index (χ0v) is 12.3. The minimum absolute atomic E-state index is 0. The Hall–Kier alpha value is -3.28. The van der Waals surface area contributed by atoms with E-state index >= 15 is 0 Å². The summed E-state index contributed by atoms with van der Waals surface area (Å²) in [5.74, 6) is 0.775. The Balaban J connectivity index is 0.00000169. The largest absolute Gasteiger partial charge is 0.366 e. The summed E-state index contributed by atoms with van der Waals surface area (Å²) in [5, 5.41) is 4.34. The van der Waals surface area contributed by atoms with E-state index in [-0.39, 0.29) is 1.43 Å². The maximum atomic E-state index is 4.38. The summed E-state index contributed by atoms with van der Waals surface area (Å²) >= 11 is 0. The smallest absolute Gasteiger partial charge is 0.137 e. The molecule has 0 saturated carbocycles. The highest BCUT2D eigenvalue weighted by Gasteiger charge is 2.08. The molecule has 0 atom stereocenters. The molecule has 0 aliphatic heterocycles. The lowest BCUT2D eigenvalue weighted by Gasteiger charge is -2.06. The SMILES string of the molecule is [HH].c1cncc(CNc2cc(-c3c[nH]c4ncccc34)ncn2)c1. The van der Waals surface area contributed by atoms with Gasteiger partial charge in [-0.3, -0.25) is 4.98 Å². The average Bonchev–Trinajstić information content (AvgIpc) is 3.05. The van der Waals surface area contributed by atoms with E-state index in [1.165, 1.54) is 0 Å². The summed E-state index contributed by atoms with van der Waals surface area (Å²) in [6, 6.07) is 9.82. The maximum Gasteiger partial charge on any atom is 0.137 e. The molecule has 0 bridgehead atoms. The highest BCUT2D eigenvalue weighted by atomic mass is 15.0. The predicted octanol–water partition coefficient (Wildman–Crippen LogP) is 3.27. The second kappa shape index (κ2) is 5.84. The van der Waals surface area contributed by atoms with Gasteiger partial charge in [0.1, 0.15) is 17.8 Å². The first-order valence-electron chi connectivity index (χ1n) is 7.27. The average molecular weight is 304 g/mol. The van der Waals surface area contributed by atoms with Crippen LogP contribution in [0.15, 0.2) is 61.4 Å². The van der Waals surface area contributed by atoms with E-state index < -0.39 is 0 Å². The Morgan fingerprint density at radius 2 is 2.04 bits per heavy atom. The van der Waals surface area contributed by atoms with Gasteiger partial charge in [-0.25, -0.2) is 15.0 Å². The van der Waals surface area contributed by atoms with E-state index in [2.05, 4.69) is 30.2 Å². The van der Waals surface area contributed by atoms with Crippen LogP contribution in [-0.4, -0.2) is 24.9 Å². The highest BCUT2D eigenvalue weighted by Crippen LogP contribution is 2.26. The number of hydrogen-bond donors (Lipinski definition) is 2. The van der Waals surface area contributed by atoms with Crippen LogP contribution in [0.5, 0.6) is 0 Å². The van der Waals surface area contributed by atoms with Crippen molar-refractivity contribution < 1.29 is 1.43 Å². The number of hydrogen-bond acceptors (Lipinski definition) is 5. The molecule has 23 heavy (non-hydrogen) atoms. The molecule has 114 valence electrons. The molecule has 2 N–H and O–H groups in total. The molecular weight excluding hydrogens is 288 g/mol. The molecule has 0 radical (unpaired) electrons. The van der Waals surface area contributed by atoms with Gasteiger partial charge in [0.15, 0.2) is 0 Å². The van der Waals surface area contributed by atoms with Crippen molar-refractivity contribution in [1.29, 1.82) is 0 Å². The predicted molar refractivity (Wildman–Crippen MR) is 90.8 cm³/mol. The van der Waals surface area contributed by atoms with Crippen molar-refractivity contribution in [3.8, 4) is 11.3 Å². The number of anilines is 1. The van der Waals surface area contributed by atoms with Gasteiger partial charge in [0.2, 0.25) is 0 Å². The van der Waals surface area contributed by atoms with E-state index in [1.807, 2.05) is 42.7 Å². The number of nitrogens with zero attached hydrogens (tertiary/aromatic N) is 4. The van der Waals surface area contributed by atoms with Crippen molar-refractivity contribution >= 4 is 16.9 Å². The fourth-order valence-corrected chi connectivity index (χ4v) is 2.46. The Morgan fingerprint density at radius 3 is 2.96 bits per heavy atom. The molecule has 4 rings (SSSR count). The molecular formula is C17H16N6. The molecule has 0 amide bonds. The third kappa shape index (κ3) is 2.74. The lowest BCUT2D eigenvalue weighted by Crippen LogP contribution is -2.02. The Bertz CT molecular complexity index is 938. The summed E-state index contributed by atoms with van der Waals surface area (Å²) in [6.45, 7) is 0.666. The van der Waals surface area contributed by atoms with Gasteiger partial charge in [0, 0.05) is 49.8 Å². The first-order valence-corrected chi connectivity index (χ1v) is 7.27. The number of pyridine rings is 2. The summed E-state index contributed by atoms with van der Waals surface area (Å²) in [4.78, 5) is 20.2. The maximum absolute atomic E-state index is 4.38. The summed E-state index contributed by atoms with van der Waals surface area (Å²) in [7, 11) is 0. The van der Waals surface area contributed by atoms with E-state index in [1.54, 1.807) is 18.7 Å². The van der Waals surface area contributed by atoms with Gasteiger partial charge in [-0.2, -0.15) is 0 Å². The van der Waals surface area contributed by atoms with Gasteiger partial charge in [0.05, 0.1) is 5.69 Å². The van der Waals surface area contributed by atoms with Crippen molar-refractivity contribution in [2.45, 2.75) is 6.54 Å². The molecule has 0 fully saturated rings. The van der Waals surface area contributed by atoms with Gasteiger partial charge in [0.25, 0.3) is 0 Å². The minimum Gasteiger partial charge on any atom is -0.366 e. The Kier molecular flexibility index (Phi) is 3.40. The van der Waals surface area contributed by atoms with Crippen molar-refractivity contribution in [3.63, 3.8) is 0 Å². The molecule has 6 nitrogen and oxygen atoms in total. The number of nitrogens with one attached hydrogen (secondary N) is 2. The van der Waals surface area contributed by atoms with Crippen LogP contribution >= 0.6 is 0 Å². The first kappa shape index (κ1) is 13.4. The van der Waals surface area contributed by atoms with E-state index in [0.717, 1.165) is 33.7 Å². The van der Waals surface area contributed by atoms with Crippen LogP contribution in [0, 0.1) is 0 Å². The van der Waals surface area contributed by atoms with E-state index in [4.69, 9.17) is 0 Å². The zero-order valence-electron chi connectivity index (χ0n) is 12.3. The van der Waals surface area contributed by atoms with Gasteiger partial charge in [-0.05, 0) is 23.8 Å². The lowest BCUT2D eigenvalue weighted by molar-refractivity contribution is 1.07. The van der Waals surface area contributed by atoms with Gasteiger partial charge >= 0.3 is 0 Å². The second-order valence-electron chi connectivity index (χ2n) is 5.11. The number of H-pyrrole nitrogens is 1. The van der Waals surface area contributed by atoms with Crippen LogP contribution in [-0.2, 0) is 6.54 Å². The molecule has 0 aliphatic rings. The molecule has 4 aromatic rings. The fraction of sp³-hybridized carbons (Fsp3) is 0.0588. The molecule has 0 saturated heterocycles. The number of rotatable bonds is 4. The molecule has 6 heteroatoms. The van der Waals surface area contributed by atoms with Gasteiger partial charge in [-0.15, -0.1) is 0 Å². The number of fused-ring (bicyclic) bond motifs is 1. The van der Waals surface area contributed by atoms with Crippen LogP contribution in [0.3, 0.4) is 0 Å². The van der Waals surface area contributed by atoms with E-state index in [9.17, 15) is 0 Å². The molecule has 0 spiro atoms. The number of aromatic amines is 1. The van der Waals surface area contributed by atoms with Crippen LogP contribution < -0.4 is 5.32 Å². The first-order chi connectivity index (χ1) is 11.4. The monoisotopic (exact) mass is 304 g/mol. The summed E-state index contributed by atoms with van der Waals surface area (Å²) < 4.78 is 0. The van der Waals surface area contributed by atoms with Crippen molar-refractivity contribution in [2.75, 3.05) is 5.32 Å². The molecule has 4 aromatic heterocycles. The Labute approximate surface area is 134 Å². The minimum atomic E-state index is 0. The second-order valence-corrected chi connectivity index (χ2v) is 5.11. The van der Waals surface area contributed by atoms with Gasteiger partial charge in [-0.1, -0.05) is 6.07 Å². The summed E-state index contributed by atoms with van der Waals surface area (Å²) in [6.07, 6.45) is 8.85. The third-order valence-electron chi connectivity index (χ3n) is 3.59. The highest BCUT2D eigenvalue weighted by molar-refractivity contribution is 5.92. The van der Waals surface area contributed by atoms with E-state index in [0.29, 0.717) is 6.54 Å². The van der Waals surface area contributed by atoms with Crippen LogP contribution in [0.4, 0.5) is 5.82 Å². The molecule has 0 aliphatic carbocycles. The third-order valence-corrected chi connectivity index (χ3v) is 3.59. The number of aromatic nitrogens is 5. The van der Waals surface area contributed by atoms with Crippen molar-refractivity contribution in [2.24, 2.45) is 0 Å². The molecule has 4 heterocycles. The van der Waals surface area contributed by atoms with Crippen molar-refractivity contribution in [1.82, 2.24) is 24.9 Å². The molecule has 0 unspecified atom stereocenters.